The average molecular weight is 268 g/mol. The molecule has 4 nitrogen and oxygen atoms in total. The Kier molecular flexibility index (Phi) is 3.54. The van der Waals surface area contributed by atoms with Crippen molar-refractivity contribution in [1.82, 2.24) is 0 Å². The van der Waals surface area contributed by atoms with Gasteiger partial charge >= 0.3 is 0 Å². The monoisotopic (exact) mass is 268 g/mol. The van der Waals surface area contributed by atoms with Crippen molar-refractivity contribution in [2.24, 2.45) is 10.7 Å². The first-order valence-corrected chi connectivity index (χ1v) is 6.54. The largest absolute Gasteiger partial charge is 0.489 e. The van der Waals surface area contributed by atoms with Gasteiger partial charge in [-0.2, -0.15) is 0 Å². The van der Waals surface area contributed by atoms with Crippen LogP contribution in [-0.4, -0.2) is 12.6 Å². The minimum Gasteiger partial charge on any atom is -0.489 e. The molecule has 1 aliphatic rings. The predicted molar refractivity (Wildman–Crippen MR) is 77.5 cm³/mol. The van der Waals surface area contributed by atoms with Crippen LogP contribution in [0, 0.1) is 0 Å². The Hall–Kier alpha value is -2.49. The number of hydrogen-bond donors (Lipinski definition) is 1. The van der Waals surface area contributed by atoms with Crippen LogP contribution in [0.1, 0.15) is 17.2 Å². The molecule has 102 valence electrons. The number of amidine groups is 1. The number of ether oxygens (including phenoxy) is 2. The molecule has 2 aromatic carbocycles. The molecule has 0 saturated carbocycles. The summed E-state index contributed by atoms with van der Waals surface area (Å²) in [5.74, 6) is 0.826. The van der Waals surface area contributed by atoms with Crippen LogP contribution >= 0.6 is 0 Å². The molecular weight excluding hydrogens is 252 g/mol. The standard InChI is InChI=1S/C16H16N2O2/c17-16-18-15(11-20-16)13-7-4-8-14(9-13)19-10-12-5-2-1-3-6-12/h1-9,15H,10-11H2,(H2,17,18). The molecule has 0 aliphatic carbocycles. The summed E-state index contributed by atoms with van der Waals surface area (Å²) < 4.78 is 11.0. The van der Waals surface area contributed by atoms with Crippen LogP contribution in [0.2, 0.25) is 0 Å². The maximum absolute atomic E-state index is 5.80. The summed E-state index contributed by atoms with van der Waals surface area (Å²) in [4.78, 5) is 4.23. The topological polar surface area (TPSA) is 56.8 Å². The highest BCUT2D eigenvalue weighted by molar-refractivity contribution is 5.73. The molecule has 0 saturated heterocycles. The zero-order chi connectivity index (χ0) is 13.8. The predicted octanol–water partition coefficient (Wildman–Crippen LogP) is 2.65. The SMILES string of the molecule is NC1=NC(c2cccc(OCc3ccccc3)c2)CO1. The summed E-state index contributed by atoms with van der Waals surface area (Å²) >= 11 is 0. The highest BCUT2D eigenvalue weighted by atomic mass is 16.5. The van der Waals surface area contributed by atoms with E-state index in [2.05, 4.69) is 4.99 Å². The fourth-order valence-corrected chi connectivity index (χ4v) is 2.12. The number of benzene rings is 2. The van der Waals surface area contributed by atoms with E-state index in [1.54, 1.807) is 0 Å². The van der Waals surface area contributed by atoms with E-state index in [4.69, 9.17) is 15.2 Å². The van der Waals surface area contributed by atoms with E-state index in [0.717, 1.165) is 16.9 Å². The normalized spacial score (nSPS) is 17.4. The van der Waals surface area contributed by atoms with Gasteiger partial charge in [0.25, 0.3) is 6.02 Å². The molecule has 0 aromatic heterocycles. The fraction of sp³-hybridized carbons (Fsp3) is 0.188. The summed E-state index contributed by atoms with van der Waals surface area (Å²) in [6.45, 7) is 1.05. The van der Waals surface area contributed by atoms with E-state index < -0.39 is 0 Å². The Morgan fingerprint density at radius 1 is 1.15 bits per heavy atom. The molecule has 0 amide bonds. The first-order chi connectivity index (χ1) is 9.81. The highest BCUT2D eigenvalue weighted by Gasteiger charge is 2.18. The van der Waals surface area contributed by atoms with Crippen molar-refractivity contribution in [2.45, 2.75) is 12.6 Å². The summed E-state index contributed by atoms with van der Waals surface area (Å²) in [5, 5.41) is 0. The van der Waals surface area contributed by atoms with Crippen molar-refractivity contribution in [2.75, 3.05) is 6.61 Å². The molecule has 1 heterocycles. The van der Waals surface area contributed by atoms with Crippen LogP contribution < -0.4 is 10.5 Å². The Morgan fingerprint density at radius 2 is 2.00 bits per heavy atom. The summed E-state index contributed by atoms with van der Waals surface area (Å²) in [6.07, 6.45) is 0. The highest BCUT2D eigenvalue weighted by Crippen LogP contribution is 2.25. The zero-order valence-corrected chi connectivity index (χ0v) is 11.0. The van der Waals surface area contributed by atoms with Crippen LogP contribution in [0.25, 0.3) is 0 Å². The van der Waals surface area contributed by atoms with Crippen molar-refractivity contribution in [3.05, 3.63) is 65.7 Å². The van der Waals surface area contributed by atoms with Crippen molar-refractivity contribution in [3.8, 4) is 5.75 Å². The lowest BCUT2D eigenvalue weighted by atomic mass is 10.1. The summed E-state index contributed by atoms with van der Waals surface area (Å²) in [7, 11) is 0. The molecule has 20 heavy (non-hydrogen) atoms. The van der Waals surface area contributed by atoms with E-state index in [1.165, 1.54) is 0 Å². The van der Waals surface area contributed by atoms with Gasteiger partial charge < -0.3 is 15.2 Å². The second kappa shape index (κ2) is 5.65. The lowest BCUT2D eigenvalue weighted by Crippen LogP contribution is -2.10. The molecule has 2 aromatic rings. The first kappa shape index (κ1) is 12.5. The molecule has 0 fully saturated rings. The van der Waals surface area contributed by atoms with Gasteiger partial charge in [-0.1, -0.05) is 42.5 Å². The molecule has 3 rings (SSSR count). The molecular formula is C16H16N2O2. The van der Waals surface area contributed by atoms with Gasteiger partial charge in [-0.3, -0.25) is 0 Å². The van der Waals surface area contributed by atoms with Gasteiger partial charge in [-0.25, -0.2) is 4.99 Å². The molecule has 4 heteroatoms. The van der Waals surface area contributed by atoms with E-state index in [1.807, 2.05) is 54.6 Å². The van der Waals surface area contributed by atoms with Gasteiger partial charge in [0.2, 0.25) is 0 Å². The van der Waals surface area contributed by atoms with E-state index in [0.29, 0.717) is 13.2 Å². The van der Waals surface area contributed by atoms with Gasteiger partial charge in [0.05, 0.1) is 0 Å². The Balaban J connectivity index is 1.69. The van der Waals surface area contributed by atoms with Crippen molar-refractivity contribution >= 4 is 6.02 Å². The number of nitrogens with two attached hydrogens (primary N) is 1. The summed E-state index contributed by atoms with van der Waals surface area (Å²) in [5.41, 5.74) is 7.73. The third-order valence-corrected chi connectivity index (χ3v) is 3.16. The molecule has 0 bridgehead atoms. The van der Waals surface area contributed by atoms with Gasteiger partial charge in [-0.15, -0.1) is 0 Å². The lowest BCUT2D eigenvalue weighted by molar-refractivity contribution is 0.303. The van der Waals surface area contributed by atoms with Crippen LogP contribution in [0.4, 0.5) is 0 Å². The second-order valence-corrected chi connectivity index (χ2v) is 4.64. The van der Waals surface area contributed by atoms with Crippen LogP contribution in [0.15, 0.2) is 59.6 Å². The minimum absolute atomic E-state index is 0.0322. The fourth-order valence-electron chi connectivity index (χ4n) is 2.12. The second-order valence-electron chi connectivity index (χ2n) is 4.64. The molecule has 0 spiro atoms. The number of nitrogens with zero attached hydrogens (tertiary/aromatic N) is 1. The van der Waals surface area contributed by atoms with Gasteiger partial charge in [0.15, 0.2) is 0 Å². The molecule has 1 atom stereocenters. The average Bonchev–Trinajstić information content (AvgIpc) is 2.93. The summed E-state index contributed by atoms with van der Waals surface area (Å²) in [6, 6.07) is 18.2. The van der Waals surface area contributed by atoms with Gasteiger partial charge in [0.1, 0.15) is 25.0 Å². The Labute approximate surface area is 117 Å². The molecule has 0 radical (unpaired) electrons. The van der Waals surface area contributed by atoms with Crippen LogP contribution in [-0.2, 0) is 11.3 Å². The van der Waals surface area contributed by atoms with Crippen molar-refractivity contribution in [1.29, 1.82) is 0 Å². The van der Waals surface area contributed by atoms with Crippen molar-refractivity contribution < 1.29 is 9.47 Å². The molecule has 2 N–H and O–H groups in total. The van der Waals surface area contributed by atoms with Crippen LogP contribution in [0.3, 0.4) is 0 Å². The van der Waals surface area contributed by atoms with Crippen LogP contribution in [0.5, 0.6) is 5.75 Å². The smallest absolute Gasteiger partial charge is 0.282 e. The lowest BCUT2D eigenvalue weighted by Gasteiger charge is -2.10. The van der Waals surface area contributed by atoms with E-state index in [-0.39, 0.29) is 12.1 Å². The minimum atomic E-state index is -0.0322. The Morgan fingerprint density at radius 3 is 2.75 bits per heavy atom. The van der Waals surface area contributed by atoms with Gasteiger partial charge in [0, 0.05) is 0 Å². The number of hydrogen-bond acceptors (Lipinski definition) is 4. The maximum Gasteiger partial charge on any atom is 0.282 e. The first-order valence-electron chi connectivity index (χ1n) is 6.54. The Bertz CT molecular complexity index is 611. The quantitative estimate of drug-likeness (QED) is 0.927. The van der Waals surface area contributed by atoms with Gasteiger partial charge in [-0.05, 0) is 23.3 Å². The molecule has 1 unspecified atom stereocenters. The maximum atomic E-state index is 5.80. The molecule has 1 aliphatic heterocycles. The van der Waals surface area contributed by atoms with E-state index in [9.17, 15) is 0 Å². The number of rotatable bonds is 4. The van der Waals surface area contributed by atoms with E-state index >= 15 is 0 Å². The van der Waals surface area contributed by atoms with Crippen molar-refractivity contribution in [3.63, 3.8) is 0 Å². The third kappa shape index (κ3) is 2.91. The third-order valence-electron chi connectivity index (χ3n) is 3.16. The number of aliphatic imine (C=N–C) groups is 1. The zero-order valence-electron chi connectivity index (χ0n) is 11.0.